The molecule has 6 heteroatoms. The standard InChI is InChI=1S/C14H21BrFN3O/c1-2-20-9-3-7-18-14(17)19-8-6-11-4-5-13(16)12(15)10-11/h4-5,10H,2-3,6-9H2,1H3,(H3,17,18,19). The van der Waals surface area contributed by atoms with E-state index in [0.717, 1.165) is 25.0 Å². The van der Waals surface area contributed by atoms with Crippen LogP contribution in [0.3, 0.4) is 0 Å². The topological polar surface area (TPSA) is 59.6 Å². The SMILES string of the molecule is CCOCCCN=C(N)NCCc1ccc(F)c(Br)c1. The van der Waals surface area contributed by atoms with E-state index in [1.54, 1.807) is 12.1 Å². The van der Waals surface area contributed by atoms with Gasteiger partial charge in [-0.3, -0.25) is 4.99 Å². The third kappa shape index (κ3) is 6.86. The number of aliphatic imine (C=N–C) groups is 1. The van der Waals surface area contributed by atoms with Gasteiger partial charge in [0.2, 0.25) is 0 Å². The maximum absolute atomic E-state index is 13.1. The molecule has 0 aromatic heterocycles. The predicted octanol–water partition coefficient (Wildman–Crippen LogP) is 2.46. The molecule has 20 heavy (non-hydrogen) atoms. The number of guanidine groups is 1. The average Bonchev–Trinajstić information content (AvgIpc) is 2.42. The summed E-state index contributed by atoms with van der Waals surface area (Å²) in [4.78, 5) is 4.19. The van der Waals surface area contributed by atoms with Crippen molar-refractivity contribution >= 4 is 21.9 Å². The second kappa shape index (κ2) is 9.72. The van der Waals surface area contributed by atoms with Gasteiger partial charge < -0.3 is 15.8 Å². The Morgan fingerprint density at radius 2 is 2.30 bits per heavy atom. The molecule has 0 atom stereocenters. The Labute approximate surface area is 127 Å². The largest absolute Gasteiger partial charge is 0.382 e. The zero-order chi connectivity index (χ0) is 14.8. The van der Waals surface area contributed by atoms with Crippen LogP contribution < -0.4 is 11.1 Å². The molecule has 0 aliphatic heterocycles. The van der Waals surface area contributed by atoms with Gasteiger partial charge in [-0.25, -0.2) is 4.39 Å². The van der Waals surface area contributed by atoms with E-state index < -0.39 is 0 Å². The lowest BCUT2D eigenvalue weighted by molar-refractivity contribution is 0.146. The quantitative estimate of drug-likeness (QED) is 0.432. The number of halogens is 2. The summed E-state index contributed by atoms with van der Waals surface area (Å²) in [5, 5.41) is 3.03. The molecule has 1 rings (SSSR count). The first-order chi connectivity index (χ1) is 9.63. The van der Waals surface area contributed by atoms with Crippen molar-refractivity contribution in [3.63, 3.8) is 0 Å². The monoisotopic (exact) mass is 345 g/mol. The minimum absolute atomic E-state index is 0.253. The van der Waals surface area contributed by atoms with Gasteiger partial charge in [0.1, 0.15) is 5.82 Å². The number of benzene rings is 1. The molecule has 0 spiro atoms. The summed E-state index contributed by atoms with van der Waals surface area (Å²) in [6.07, 6.45) is 1.62. The molecule has 0 amide bonds. The normalized spacial score (nSPS) is 11.7. The van der Waals surface area contributed by atoms with Gasteiger partial charge in [-0.2, -0.15) is 0 Å². The van der Waals surface area contributed by atoms with Crippen LogP contribution in [-0.2, 0) is 11.2 Å². The van der Waals surface area contributed by atoms with E-state index in [9.17, 15) is 4.39 Å². The first kappa shape index (κ1) is 16.9. The second-order valence-corrected chi connectivity index (χ2v) is 5.10. The molecule has 3 N–H and O–H groups in total. The van der Waals surface area contributed by atoms with Gasteiger partial charge in [0.15, 0.2) is 5.96 Å². The highest BCUT2D eigenvalue weighted by atomic mass is 79.9. The van der Waals surface area contributed by atoms with Gasteiger partial charge in [-0.1, -0.05) is 6.07 Å². The molecule has 0 radical (unpaired) electrons. The fraction of sp³-hybridized carbons (Fsp3) is 0.500. The molecule has 0 aliphatic carbocycles. The molecule has 0 saturated carbocycles. The summed E-state index contributed by atoms with van der Waals surface area (Å²) in [6.45, 7) is 4.72. The van der Waals surface area contributed by atoms with E-state index >= 15 is 0 Å². The number of rotatable bonds is 8. The van der Waals surface area contributed by atoms with Crippen LogP contribution in [0, 0.1) is 5.82 Å². The Balaban J connectivity index is 2.22. The minimum Gasteiger partial charge on any atom is -0.382 e. The van der Waals surface area contributed by atoms with Gasteiger partial charge in [0.05, 0.1) is 4.47 Å². The fourth-order valence-electron chi connectivity index (χ4n) is 1.60. The van der Waals surface area contributed by atoms with Gasteiger partial charge in [-0.15, -0.1) is 0 Å². The highest BCUT2D eigenvalue weighted by molar-refractivity contribution is 9.10. The number of nitrogens with zero attached hydrogens (tertiary/aromatic N) is 1. The fourth-order valence-corrected chi connectivity index (χ4v) is 2.02. The Kier molecular flexibility index (Phi) is 8.22. The smallest absolute Gasteiger partial charge is 0.188 e. The summed E-state index contributed by atoms with van der Waals surface area (Å²) in [6, 6.07) is 4.98. The van der Waals surface area contributed by atoms with Gasteiger partial charge in [0.25, 0.3) is 0 Å². The van der Waals surface area contributed by atoms with Crippen molar-refractivity contribution in [2.75, 3.05) is 26.3 Å². The molecular formula is C14H21BrFN3O. The maximum atomic E-state index is 13.1. The van der Waals surface area contributed by atoms with Crippen LogP contribution >= 0.6 is 15.9 Å². The van der Waals surface area contributed by atoms with Crippen LogP contribution in [0.4, 0.5) is 4.39 Å². The van der Waals surface area contributed by atoms with Crippen LogP contribution in [0.15, 0.2) is 27.7 Å². The lowest BCUT2D eigenvalue weighted by Crippen LogP contribution is -2.33. The van der Waals surface area contributed by atoms with Crippen molar-refractivity contribution in [3.05, 3.63) is 34.1 Å². The molecule has 0 fully saturated rings. The summed E-state index contributed by atoms with van der Waals surface area (Å²) in [5.41, 5.74) is 6.77. The van der Waals surface area contributed by atoms with E-state index in [1.807, 2.05) is 6.92 Å². The molecular weight excluding hydrogens is 325 g/mol. The molecule has 0 heterocycles. The van der Waals surface area contributed by atoms with Crippen molar-refractivity contribution in [1.82, 2.24) is 5.32 Å². The van der Waals surface area contributed by atoms with E-state index in [2.05, 4.69) is 26.2 Å². The number of ether oxygens (including phenoxy) is 1. The number of hydrogen-bond donors (Lipinski definition) is 2. The lowest BCUT2D eigenvalue weighted by Gasteiger charge is -2.06. The summed E-state index contributed by atoms with van der Waals surface area (Å²) >= 11 is 3.17. The summed E-state index contributed by atoms with van der Waals surface area (Å²) < 4.78 is 18.8. The average molecular weight is 346 g/mol. The van der Waals surface area contributed by atoms with Crippen LogP contribution in [0.2, 0.25) is 0 Å². The van der Waals surface area contributed by atoms with Gasteiger partial charge in [-0.05, 0) is 53.4 Å². The number of nitrogens with one attached hydrogen (secondary N) is 1. The third-order valence-corrected chi connectivity index (χ3v) is 3.24. The van der Waals surface area contributed by atoms with Crippen LogP contribution in [0.25, 0.3) is 0 Å². The highest BCUT2D eigenvalue weighted by Gasteiger charge is 2.00. The Bertz CT molecular complexity index is 440. The van der Waals surface area contributed by atoms with Crippen LogP contribution in [-0.4, -0.2) is 32.3 Å². The Morgan fingerprint density at radius 1 is 1.50 bits per heavy atom. The maximum Gasteiger partial charge on any atom is 0.188 e. The van der Waals surface area contributed by atoms with E-state index in [-0.39, 0.29) is 5.82 Å². The first-order valence-electron chi connectivity index (χ1n) is 6.69. The molecule has 1 aromatic carbocycles. The minimum atomic E-state index is -0.253. The molecule has 0 unspecified atom stereocenters. The lowest BCUT2D eigenvalue weighted by atomic mass is 10.1. The molecule has 0 aliphatic rings. The molecule has 0 bridgehead atoms. The second-order valence-electron chi connectivity index (χ2n) is 4.24. The number of nitrogens with two attached hydrogens (primary N) is 1. The number of hydrogen-bond acceptors (Lipinski definition) is 2. The Morgan fingerprint density at radius 3 is 3.00 bits per heavy atom. The van der Waals surface area contributed by atoms with Gasteiger partial charge in [0, 0.05) is 26.3 Å². The van der Waals surface area contributed by atoms with E-state index in [4.69, 9.17) is 10.5 Å². The van der Waals surface area contributed by atoms with Gasteiger partial charge >= 0.3 is 0 Å². The van der Waals surface area contributed by atoms with Crippen molar-refractivity contribution in [2.45, 2.75) is 19.8 Å². The zero-order valence-electron chi connectivity index (χ0n) is 11.7. The van der Waals surface area contributed by atoms with Crippen molar-refractivity contribution in [3.8, 4) is 0 Å². The van der Waals surface area contributed by atoms with Crippen LogP contribution in [0.5, 0.6) is 0 Å². The third-order valence-electron chi connectivity index (χ3n) is 2.64. The molecule has 0 saturated heterocycles. The summed E-state index contributed by atoms with van der Waals surface area (Å²) in [5.74, 6) is 0.180. The zero-order valence-corrected chi connectivity index (χ0v) is 13.2. The molecule has 4 nitrogen and oxygen atoms in total. The van der Waals surface area contributed by atoms with Crippen molar-refractivity contribution in [2.24, 2.45) is 10.7 Å². The van der Waals surface area contributed by atoms with Crippen molar-refractivity contribution < 1.29 is 9.13 Å². The molecule has 1 aromatic rings. The summed E-state index contributed by atoms with van der Waals surface area (Å²) in [7, 11) is 0. The Hall–Kier alpha value is -1.14. The predicted molar refractivity (Wildman–Crippen MR) is 83.4 cm³/mol. The van der Waals surface area contributed by atoms with E-state index in [0.29, 0.717) is 30.1 Å². The van der Waals surface area contributed by atoms with Crippen LogP contribution in [0.1, 0.15) is 18.9 Å². The van der Waals surface area contributed by atoms with Crippen molar-refractivity contribution in [1.29, 1.82) is 0 Å². The highest BCUT2D eigenvalue weighted by Crippen LogP contribution is 2.16. The molecule has 112 valence electrons. The van der Waals surface area contributed by atoms with E-state index in [1.165, 1.54) is 6.07 Å². The first-order valence-corrected chi connectivity index (χ1v) is 7.48.